The van der Waals surface area contributed by atoms with Gasteiger partial charge in [0.15, 0.2) is 0 Å². The zero-order valence-corrected chi connectivity index (χ0v) is 21.7. The molecule has 204 valence electrons. The number of carboxylic acids is 1. The third kappa shape index (κ3) is 6.15. The van der Waals surface area contributed by atoms with Crippen LogP contribution >= 0.6 is 0 Å². The van der Waals surface area contributed by atoms with Crippen LogP contribution in [0.4, 0.5) is 0 Å². The molecule has 0 aliphatic rings. The largest absolute Gasteiger partial charge is 0.508 e. The summed E-state index contributed by atoms with van der Waals surface area (Å²) in [4.78, 5) is 45.0. The summed E-state index contributed by atoms with van der Waals surface area (Å²) < 4.78 is 0. The topological polar surface area (TPSA) is 147 Å². The van der Waals surface area contributed by atoms with Crippen LogP contribution in [0.2, 0.25) is 0 Å². The van der Waals surface area contributed by atoms with E-state index in [4.69, 9.17) is 0 Å². The number of amides is 2. The van der Waals surface area contributed by atoms with Gasteiger partial charge in [-0.05, 0) is 47.4 Å². The monoisotopic (exact) mass is 538 g/mol. The number of nitrogens with one attached hydrogen (secondary N) is 4. The number of aliphatic carboxylic acids is 1. The van der Waals surface area contributed by atoms with Crippen LogP contribution in [0.15, 0.2) is 85.2 Å². The van der Waals surface area contributed by atoms with Crippen LogP contribution in [0.25, 0.3) is 21.8 Å². The number of fused-ring (bicyclic) bond motifs is 2. The van der Waals surface area contributed by atoms with Crippen LogP contribution in [0.1, 0.15) is 23.1 Å². The van der Waals surface area contributed by atoms with Crippen LogP contribution in [-0.4, -0.2) is 50.0 Å². The Morgan fingerprint density at radius 3 is 1.85 bits per heavy atom. The molecule has 5 aromatic rings. The predicted octanol–water partition coefficient (Wildman–Crippen LogP) is 3.83. The number of aromatic hydroxyl groups is 1. The Morgan fingerprint density at radius 2 is 1.27 bits per heavy atom. The number of carboxylic acid groups (broad SMARTS) is 1. The first-order valence-corrected chi connectivity index (χ1v) is 13.1. The molecule has 0 bridgehead atoms. The Balaban J connectivity index is 1.33. The van der Waals surface area contributed by atoms with Crippen molar-refractivity contribution < 1.29 is 24.6 Å². The second kappa shape index (κ2) is 11.8. The normalized spacial score (nSPS) is 12.7. The number of aryl methyl sites for hydroxylation is 1. The van der Waals surface area contributed by atoms with Crippen LogP contribution in [0.5, 0.6) is 5.75 Å². The molecule has 2 aromatic heterocycles. The van der Waals surface area contributed by atoms with Crippen molar-refractivity contribution in [3.05, 3.63) is 102 Å². The van der Waals surface area contributed by atoms with E-state index in [1.54, 1.807) is 36.7 Å². The minimum Gasteiger partial charge on any atom is -0.508 e. The average molecular weight is 539 g/mol. The molecule has 2 unspecified atom stereocenters. The van der Waals surface area contributed by atoms with Gasteiger partial charge in [0, 0.05) is 53.5 Å². The molecule has 2 amide bonds. The number of aromatic amines is 2. The third-order valence-electron chi connectivity index (χ3n) is 7.04. The molecule has 0 aliphatic carbocycles. The lowest BCUT2D eigenvalue weighted by Gasteiger charge is -2.21. The second-order valence-electron chi connectivity index (χ2n) is 9.81. The molecule has 0 saturated heterocycles. The van der Waals surface area contributed by atoms with E-state index in [2.05, 4.69) is 20.6 Å². The Kier molecular flexibility index (Phi) is 7.82. The van der Waals surface area contributed by atoms with E-state index in [9.17, 15) is 24.6 Å². The van der Waals surface area contributed by atoms with Crippen molar-refractivity contribution in [2.75, 3.05) is 0 Å². The average Bonchev–Trinajstić information content (AvgIpc) is 3.56. The van der Waals surface area contributed by atoms with Gasteiger partial charge in [0.2, 0.25) is 11.8 Å². The minimum absolute atomic E-state index is 0.0830. The molecule has 6 N–H and O–H groups in total. The summed E-state index contributed by atoms with van der Waals surface area (Å²) in [6.07, 6.45) is 4.36. The number of hydrogen-bond donors (Lipinski definition) is 6. The summed E-state index contributed by atoms with van der Waals surface area (Å²) in [5.74, 6) is -1.93. The van der Waals surface area contributed by atoms with Crippen molar-refractivity contribution in [1.29, 1.82) is 0 Å². The van der Waals surface area contributed by atoms with Crippen molar-refractivity contribution in [3.63, 3.8) is 0 Å². The number of hydrogen-bond acceptors (Lipinski definition) is 4. The molecule has 0 radical (unpaired) electrons. The molecule has 9 nitrogen and oxygen atoms in total. The quantitative estimate of drug-likeness (QED) is 0.151. The number of carbonyl (C=O) groups excluding carboxylic acids is 2. The van der Waals surface area contributed by atoms with Crippen molar-refractivity contribution in [2.24, 2.45) is 0 Å². The van der Waals surface area contributed by atoms with E-state index in [0.29, 0.717) is 6.42 Å². The first-order valence-electron chi connectivity index (χ1n) is 13.1. The lowest BCUT2D eigenvalue weighted by atomic mass is 10.0. The highest BCUT2D eigenvalue weighted by Gasteiger charge is 2.28. The Bertz CT molecular complexity index is 1650. The van der Waals surface area contributed by atoms with Crippen molar-refractivity contribution >= 4 is 39.6 Å². The summed E-state index contributed by atoms with van der Waals surface area (Å²) in [6.45, 7) is 0. The highest BCUT2D eigenvalue weighted by atomic mass is 16.4. The maximum atomic E-state index is 13.5. The number of phenols is 1. The lowest BCUT2D eigenvalue weighted by Crippen LogP contribution is -2.53. The van der Waals surface area contributed by atoms with Gasteiger partial charge in [-0.2, -0.15) is 0 Å². The van der Waals surface area contributed by atoms with Gasteiger partial charge in [-0.1, -0.05) is 48.5 Å². The highest BCUT2D eigenvalue weighted by molar-refractivity contribution is 5.92. The van der Waals surface area contributed by atoms with Crippen LogP contribution in [0, 0.1) is 0 Å². The van der Waals surface area contributed by atoms with Gasteiger partial charge in [0.25, 0.3) is 0 Å². The van der Waals surface area contributed by atoms with Gasteiger partial charge < -0.3 is 30.8 Å². The SMILES string of the molecule is O=C(CCc1ccc(O)cc1)NC(Cc1c[nH]c2ccccc12)C(=O)NC(Cc1c[nH]c2ccccc12)C(=O)O. The molecule has 0 aliphatic heterocycles. The fourth-order valence-corrected chi connectivity index (χ4v) is 4.91. The summed E-state index contributed by atoms with van der Waals surface area (Å²) in [5.41, 5.74) is 4.26. The third-order valence-corrected chi connectivity index (χ3v) is 7.04. The minimum atomic E-state index is -1.19. The summed E-state index contributed by atoms with van der Waals surface area (Å²) >= 11 is 0. The molecule has 9 heteroatoms. The first-order chi connectivity index (χ1) is 19.4. The zero-order chi connectivity index (χ0) is 28.1. The number of phenolic OH excluding ortho intramolecular Hbond substituents is 1. The number of H-pyrrole nitrogens is 2. The molecule has 2 heterocycles. The van der Waals surface area contributed by atoms with Crippen LogP contribution < -0.4 is 10.6 Å². The summed E-state index contributed by atoms with van der Waals surface area (Å²) in [6, 6.07) is 19.6. The zero-order valence-electron chi connectivity index (χ0n) is 21.7. The summed E-state index contributed by atoms with van der Waals surface area (Å²) in [5, 5.41) is 26.7. The van der Waals surface area contributed by atoms with E-state index < -0.39 is 24.0 Å². The lowest BCUT2D eigenvalue weighted by molar-refractivity contribution is -0.142. The molecule has 3 aromatic carbocycles. The molecule has 0 fully saturated rings. The number of aromatic nitrogens is 2. The molecular weight excluding hydrogens is 508 g/mol. The standard InChI is InChI=1S/C31H30N4O5/c36-22-12-9-19(10-13-22)11-14-29(37)34-27(15-20-17-32-25-7-3-1-5-23(20)25)30(38)35-28(31(39)40)16-21-18-33-26-8-4-2-6-24(21)26/h1-10,12-13,17-18,27-28,32-33,36H,11,14-16H2,(H,34,37)(H,35,38)(H,39,40). The molecular formula is C31H30N4O5. The molecule has 0 spiro atoms. The van der Waals surface area contributed by atoms with E-state index in [1.165, 1.54) is 0 Å². The number of carbonyl (C=O) groups is 3. The Labute approximate surface area is 230 Å². The fraction of sp³-hybridized carbons (Fsp3) is 0.194. The van der Waals surface area contributed by atoms with Gasteiger partial charge in [-0.3, -0.25) is 9.59 Å². The van der Waals surface area contributed by atoms with Crippen molar-refractivity contribution in [3.8, 4) is 5.75 Å². The fourth-order valence-electron chi connectivity index (χ4n) is 4.91. The Morgan fingerprint density at radius 1 is 0.725 bits per heavy atom. The second-order valence-corrected chi connectivity index (χ2v) is 9.81. The van der Waals surface area contributed by atoms with E-state index >= 15 is 0 Å². The van der Waals surface area contributed by atoms with Crippen molar-refractivity contribution in [1.82, 2.24) is 20.6 Å². The van der Waals surface area contributed by atoms with Crippen LogP contribution in [0.3, 0.4) is 0 Å². The van der Waals surface area contributed by atoms with Gasteiger partial charge in [-0.25, -0.2) is 4.79 Å². The predicted molar refractivity (Wildman–Crippen MR) is 152 cm³/mol. The Hall–Kier alpha value is -5.05. The maximum absolute atomic E-state index is 13.5. The van der Waals surface area contributed by atoms with Gasteiger partial charge >= 0.3 is 5.97 Å². The summed E-state index contributed by atoms with van der Waals surface area (Å²) in [7, 11) is 0. The maximum Gasteiger partial charge on any atom is 0.326 e. The molecule has 2 atom stereocenters. The van der Waals surface area contributed by atoms with E-state index in [0.717, 1.165) is 38.5 Å². The van der Waals surface area contributed by atoms with Crippen LogP contribution in [-0.2, 0) is 33.6 Å². The van der Waals surface area contributed by atoms with Gasteiger partial charge in [0.05, 0.1) is 0 Å². The van der Waals surface area contributed by atoms with Gasteiger partial charge in [0.1, 0.15) is 17.8 Å². The number of benzene rings is 3. The van der Waals surface area contributed by atoms with E-state index in [1.807, 2.05) is 48.5 Å². The number of rotatable bonds is 11. The molecule has 5 rings (SSSR count). The smallest absolute Gasteiger partial charge is 0.326 e. The number of para-hydroxylation sites is 2. The van der Waals surface area contributed by atoms with Gasteiger partial charge in [-0.15, -0.1) is 0 Å². The molecule has 0 saturated carbocycles. The highest BCUT2D eigenvalue weighted by Crippen LogP contribution is 2.21. The first kappa shape index (κ1) is 26.6. The molecule has 40 heavy (non-hydrogen) atoms. The van der Waals surface area contributed by atoms with E-state index in [-0.39, 0.29) is 30.9 Å². The van der Waals surface area contributed by atoms with Crippen molar-refractivity contribution in [2.45, 2.75) is 37.8 Å².